The van der Waals surface area contributed by atoms with Crippen LogP contribution in [0.5, 0.6) is 5.75 Å². The lowest BCUT2D eigenvalue weighted by Gasteiger charge is -2.46. The zero-order valence-corrected chi connectivity index (χ0v) is 13.7. The van der Waals surface area contributed by atoms with Gasteiger partial charge in [-0.1, -0.05) is 38.0 Å². The number of rotatable bonds is 2. The second-order valence-corrected chi connectivity index (χ2v) is 7.73. The smallest absolute Gasteiger partial charge is 0.124 e. The predicted octanol–water partition coefficient (Wildman–Crippen LogP) is 4.75. The van der Waals surface area contributed by atoms with Gasteiger partial charge in [0, 0.05) is 18.0 Å². The van der Waals surface area contributed by atoms with E-state index in [1.165, 1.54) is 43.2 Å². The summed E-state index contributed by atoms with van der Waals surface area (Å²) in [6.07, 6.45) is 7.30. The summed E-state index contributed by atoms with van der Waals surface area (Å²) in [6.45, 7) is 6.77. The maximum atomic E-state index is 6.52. The first-order chi connectivity index (χ1) is 9.97. The fourth-order valence-electron chi connectivity index (χ4n) is 4.43. The molecule has 0 aromatic heterocycles. The van der Waals surface area contributed by atoms with E-state index in [1.807, 2.05) is 0 Å². The molecule has 0 bridgehead atoms. The molecule has 2 nitrogen and oxygen atoms in total. The molecule has 2 aliphatic rings. The molecule has 3 atom stereocenters. The highest BCUT2D eigenvalue weighted by molar-refractivity contribution is 5.41. The normalized spacial score (nSPS) is 32.0. The van der Waals surface area contributed by atoms with E-state index in [0.717, 1.165) is 24.0 Å². The van der Waals surface area contributed by atoms with E-state index in [9.17, 15) is 0 Å². The molecule has 21 heavy (non-hydrogen) atoms. The van der Waals surface area contributed by atoms with Crippen LogP contribution >= 0.6 is 0 Å². The molecule has 116 valence electrons. The van der Waals surface area contributed by atoms with Gasteiger partial charge >= 0.3 is 0 Å². The molecular weight excluding hydrogens is 258 g/mol. The van der Waals surface area contributed by atoms with Crippen molar-refractivity contribution >= 4 is 0 Å². The predicted molar refractivity (Wildman–Crippen MR) is 87.5 cm³/mol. The van der Waals surface area contributed by atoms with Crippen molar-refractivity contribution in [1.29, 1.82) is 0 Å². The summed E-state index contributed by atoms with van der Waals surface area (Å²) in [6, 6.07) is 6.59. The van der Waals surface area contributed by atoms with Gasteiger partial charge in [0.25, 0.3) is 0 Å². The number of ether oxygens (including phenoxy) is 1. The Balaban J connectivity index is 1.82. The Morgan fingerprint density at radius 1 is 1.33 bits per heavy atom. The molecule has 1 aliphatic heterocycles. The molecule has 1 spiro atoms. The Morgan fingerprint density at radius 3 is 2.90 bits per heavy atom. The van der Waals surface area contributed by atoms with Gasteiger partial charge in [-0.25, -0.2) is 0 Å². The lowest BCUT2D eigenvalue weighted by atomic mass is 9.71. The minimum atomic E-state index is -0.000514. The van der Waals surface area contributed by atoms with Crippen LogP contribution in [0.1, 0.15) is 69.5 Å². The summed E-state index contributed by atoms with van der Waals surface area (Å²) < 4.78 is 6.52. The minimum Gasteiger partial charge on any atom is -0.487 e. The number of aryl methyl sites for hydroxylation is 1. The topological polar surface area (TPSA) is 35.2 Å². The van der Waals surface area contributed by atoms with Crippen molar-refractivity contribution in [2.45, 2.75) is 70.9 Å². The fourth-order valence-corrected chi connectivity index (χ4v) is 4.43. The van der Waals surface area contributed by atoms with Crippen molar-refractivity contribution in [3.63, 3.8) is 0 Å². The van der Waals surface area contributed by atoms with Gasteiger partial charge < -0.3 is 10.5 Å². The van der Waals surface area contributed by atoms with Gasteiger partial charge in [0.15, 0.2) is 0 Å². The average molecular weight is 287 g/mol. The van der Waals surface area contributed by atoms with Crippen molar-refractivity contribution < 1.29 is 4.74 Å². The minimum absolute atomic E-state index is 0.000514. The lowest BCUT2D eigenvalue weighted by Crippen LogP contribution is -2.46. The monoisotopic (exact) mass is 287 g/mol. The number of benzene rings is 1. The van der Waals surface area contributed by atoms with Gasteiger partial charge in [0.1, 0.15) is 11.4 Å². The molecule has 0 radical (unpaired) electrons. The van der Waals surface area contributed by atoms with Crippen molar-refractivity contribution in [3.05, 3.63) is 29.3 Å². The van der Waals surface area contributed by atoms with Crippen LogP contribution in [0.3, 0.4) is 0 Å². The summed E-state index contributed by atoms with van der Waals surface area (Å²) in [7, 11) is 0. The molecule has 0 amide bonds. The molecular formula is C19H29NO. The van der Waals surface area contributed by atoms with E-state index in [4.69, 9.17) is 10.5 Å². The Kier molecular flexibility index (Phi) is 4.00. The molecule has 2 N–H and O–H groups in total. The first-order valence-electron chi connectivity index (χ1n) is 8.52. The van der Waals surface area contributed by atoms with E-state index in [-0.39, 0.29) is 11.6 Å². The molecule has 1 heterocycles. The van der Waals surface area contributed by atoms with E-state index in [0.29, 0.717) is 0 Å². The highest BCUT2D eigenvalue weighted by atomic mass is 16.5. The van der Waals surface area contributed by atoms with Crippen molar-refractivity contribution in [2.75, 3.05) is 0 Å². The third kappa shape index (κ3) is 3.11. The van der Waals surface area contributed by atoms with Gasteiger partial charge in [-0.05, 0) is 50.5 Å². The standard InChI is InChI=1S/C19H29NO/c1-13(2)9-15-5-4-8-19(11-15)12-17(20)16-10-14(3)6-7-18(16)21-19/h6-7,10,13,15,17H,4-5,8-9,11-12,20H2,1-3H3/t15?,17-,19?/m0/s1. The van der Waals surface area contributed by atoms with Gasteiger partial charge in [0.05, 0.1) is 0 Å². The molecule has 1 aromatic rings. The number of hydrogen-bond donors (Lipinski definition) is 1. The summed E-state index contributed by atoms with van der Waals surface area (Å²) in [5.41, 5.74) is 8.96. The van der Waals surface area contributed by atoms with Crippen molar-refractivity contribution in [2.24, 2.45) is 17.6 Å². The maximum absolute atomic E-state index is 6.52. The second kappa shape index (κ2) is 5.64. The van der Waals surface area contributed by atoms with Crippen LogP contribution in [0.25, 0.3) is 0 Å². The first-order valence-corrected chi connectivity index (χ1v) is 8.52. The van der Waals surface area contributed by atoms with Gasteiger partial charge in [-0.3, -0.25) is 0 Å². The molecule has 0 saturated heterocycles. The fraction of sp³-hybridized carbons (Fsp3) is 0.684. The van der Waals surface area contributed by atoms with Crippen LogP contribution in [0.4, 0.5) is 0 Å². The van der Waals surface area contributed by atoms with E-state index in [1.54, 1.807) is 0 Å². The molecule has 1 aliphatic carbocycles. The van der Waals surface area contributed by atoms with Crippen molar-refractivity contribution in [3.8, 4) is 5.75 Å². The Bertz CT molecular complexity index is 510. The third-order valence-corrected chi connectivity index (χ3v) is 5.19. The number of nitrogens with two attached hydrogens (primary N) is 1. The molecule has 2 unspecified atom stereocenters. The van der Waals surface area contributed by atoms with Gasteiger partial charge in [-0.15, -0.1) is 0 Å². The van der Waals surface area contributed by atoms with Crippen LogP contribution in [-0.2, 0) is 0 Å². The zero-order chi connectivity index (χ0) is 15.0. The van der Waals surface area contributed by atoms with Crippen LogP contribution in [0.2, 0.25) is 0 Å². The van der Waals surface area contributed by atoms with E-state index >= 15 is 0 Å². The van der Waals surface area contributed by atoms with Crippen molar-refractivity contribution in [1.82, 2.24) is 0 Å². The molecule has 1 fully saturated rings. The van der Waals surface area contributed by atoms with E-state index < -0.39 is 0 Å². The SMILES string of the molecule is Cc1ccc2c(c1)[C@@H](N)CC1(CCCC(CC(C)C)C1)O2. The quantitative estimate of drug-likeness (QED) is 0.851. The van der Waals surface area contributed by atoms with Gasteiger partial charge in [-0.2, -0.15) is 0 Å². The largest absolute Gasteiger partial charge is 0.487 e. The number of hydrogen-bond acceptors (Lipinski definition) is 2. The Labute approximate surface area is 129 Å². The summed E-state index contributed by atoms with van der Waals surface area (Å²) in [4.78, 5) is 0. The summed E-state index contributed by atoms with van der Waals surface area (Å²) in [5, 5.41) is 0. The molecule has 3 rings (SSSR count). The maximum Gasteiger partial charge on any atom is 0.124 e. The van der Waals surface area contributed by atoms with Gasteiger partial charge in [0.2, 0.25) is 0 Å². The van der Waals surface area contributed by atoms with Crippen LogP contribution in [0, 0.1) is 18.8 Å². The first kappa shape index (κ1) is 14.9. The highest BCUT2D eigenvalue weighted by Crippen LogP contribution is 2.47. The Hall–Kier alpha value is -1.02. The van der Waals surface area contributed by atoms with Crippen LogP contribution in [0.15, 0.2) is 18.2 Å². The molecule has 1 aromatic carbocycles. The highest BCUT2D eigenvalue weighted by Gasteiger charge is 2.43. The van der Waals surface area contributed by atoms with E-state index in [2.05, 4.69) is 39.0 Å². The zero-order valence-electron chi connectivity index (χ0n) is 13.7. The summed E-state index contributed by atoms with van der Waals surface area (Å²) >= 11 is 0. The molecule has 2 heteroatoms. The number of fused-ring (bicyclic) bond motifs is 1. The molecule has 1 saturated carbocycles. The van der Waals surface area contributed by atoms with Crippen LogP contribution < -0.4 is 10.5 Å². The third-order valence-electron chi connectivity index (χ3n) is 5.19. The Morgan fingerprint density at radius 2 is 2.14 bits per heavy atom. The van der Waals surface area contributed by atoms with Crippen LogP contribution in [-0.4, -0.2) is 5.60 Å². The lowest BCUT2D eigenvalue weighted by molar-refractivity contribution is -0.0201. The summed E-state index contributed by atoms with van der Waals surface area (Å²) in [5.74, 6) is 2.61. The average Bonchev–Trinajstić information content (AvgIpc) is 2.39. The second-order valence-electron chi connectivity index (χ2n) is 7.73.